The highest BCUT2D eigenvalue weighted by Crippen LogP contribution is 2.16. The molecule has 0 spiro atoms. The Kier molecular flexibility index (Phi) is 7.37. The fraction of sp³-hybridized carbons (Fsp3) is 0.632. The Morgan fingerprint density at radius 2 is 2.08 bits per heavy atom. The number of methoxy groups -OCH3 is 1. The van der Waals surface area contributed by atoms with E-state index in [0.29, 0.717) is 5.92 Å². The van der Waals surface area contributed by atoms with E-state index in [2.05, 4.69) is 58.5 Å². The van der Waals surface area contributed by atoms with Crippen molar-refractivity contribution in [2.45, 2.75) is 19.3 Å². The van der Waals surface area contributed by atoms with Crippen molar-refractivity contribution in [1.82, 2.24) is 10.2 Å². The number of likely N-dealkylation sites (tertiary alicyclic amines) is 1. The molecule has 1 aromatic carbocycles. The first-order valence-corrected chi connectivity index (χ1v) is 8.85. The summed E-state index contributed by atoms with van der Waals surface area (Å²) >= 11 is 0. The quantitative estimate of drug-likeness (QED) is 0.472. The van der Waals surface area contributed by atoms with Crippen LogP contribution in [0.4, 0.5) is 5.69 Å². The van der Waals surface area contributed by atoms with Gasteiger partial charge in [0, 0.05) is 59.5 Å². The molecule has 0 saturated carbocycles. The lowest BCUT2D eigenvalue weighted by molar-refractivity contribution is 0.157. The monoisotopic (exact) mass is 332 g/mol. The fourth-order valence-electron chi connectivity index (χ4n) is 3.18. The number of hydrogen-bond acceptors (Lipinski definition) is 3. The molecule has 0 amide bonds. The van der Waals surface area contributed by atoms with Crippen molar-refractivity contribution in [3.05, 3.63) is 29.8 Å². The van der Waals surface area contributed by atoms with Gasteiger partial charge in [-0.3, -0.25) is 4.99 Å². The van der Waals surface area contributed by atoms with Crippen LogP contribution in [0.25, 0.3) is 0 Å². The van der Waals surface area contributed by atoms with E-state index in [4.69, 9.17) is 4.74 Å². The molecule has 0 aliphatic carbocycles. The number of anilines is 1. The normalized spacial score (nSPS) is 18.1. The summed E-state index contributed by atoms with van der Waals surface area (Å²) in [6.45, 7) is 3.91. The first kappa shape index (κ1) is 18.6. The van der Waals surface area contributed by atoms with Crippen LogP contribution >= 0.6 is 0 Å². The third kappa shape index (κ3) is 5.41. The van der Waals surface area contributed by atoms with E-state index in [1.54, 1.807) is 7.11 Å². The van der Waals surface area contributed by atoms with Crippen LogP contribution in [0.1, 0.15) is 18.4 Å². The number of nitrogens with one attached hydrogen (secondary N) is 1. The molecule has 5 nitrogen and oxygen atoms in total. The van der Waals surface area contributed by atoms with Crippen molar-refractivity contribution >= 4 is 11.6 Å². The zero-order chi connectivity index (χ0) is 17.4. The van der Waals surface area contributed by atoms with Crippen LogP contribution in [-0.4, -0.2) is 65.4 Å². The molecule has 1 aliphatic rings. The van der Waals surface area contributed by atoms with Crippen LogP contribution in [0.3, 0.4) is 0 Å². The Hall–Kier alpha value is -1.75. The highest BCUT2D eigenvalue weighted by atomic mass is 16.5. The van der Waals surface area contributed by atoms with Gasteiger partial charge in [-0.05, 0) is 37.0 Å². The zero-order valence-corrected chi connectivity index (χ0v) is 15.6. The molecule has 1 N–H and O–H groups in total. The van der Waals surface area contributed by atoms with Gasteiger partial charge in [0.1, 0.15) is 0 Å². The molecule has 1 aliphatic heterocycles. The maximum absolute atomic E-state index is 5.27. The van der Waals surface area contributed by atoms with Crippen LogP contribution in [0.2, 0.25) is 0 Å². The number of aliphatic imine (C=N–C) groups is 1. The summed E-state index contributed by atoms with van der Waals surface area (Å²) < 4.78 is 5.27. The summed E-state index contributed by atoms with van der Waals surface area (Å²) in [5.74, 6) is 1.65. The number of rotatable bonds is 7. The molecule has 1 unspecified atom stereocenters. The summed E-state index contributed by atoms with van der Waals surface area (Å²) in [6.07, 6.45) is 3.38. The van der Waals surface area contributed by atoms with Crippen LogP contribution < -0.4 is 10.2 Å². The molecule has 1 atom stereocenters. The molecule has 24 heavy (non-hydrogen) atoms. The molecule has 5 heteroatoms. The van der Waals surface area contributed by atoms with E-state index in [-0.39, 0.29) is 0 Å². The number of benzene rings is 1. The summed E-state index contributed by atoms with van der Waals surface area (Å²) in [5.41, 5.74) is 2.63. The van der Waals surface area contributed by atoms with Gasteiger partial charge in [-0.1, -0.05) is 12.1 Å². The SMILES string of the molecule is CN=C(NCCCc1ccc(N(C)C)cc1)N1CCC(COC)C1. The summed E-state index contributed by atoms with van der Waals surface area (Å²) in [4.78, 5) is 8.90. The average molecular weight is 332 g/mol. The number of aryl methyl sites for hydroxylation is 1. The van der Waals surface area contributed by atoms with Crippen LogP contribution in [-0.2, 0) is 11.2 Å². The second kappa shape index (κ2) is 9.52. The Labute approximate surface area is 146 Å². The molecular formula is C19H32N4O. The van der Waals surface area contributed by atoms with Crippen molar-refractivity contribution < 1.29 is 4.74 Å². The number of ether oxygens (including phenoxy) is 1. The van der Waals surface area contributed by atoms with Gasteiger partial charge in [0.2, 0.25) is 0 Å². The maximum atomic E-state index is 5.27. The molecule has 2 rings (SSSR count). The first-order valence-electron chi connectivity index (χ1n) is 8.85. The van der Waals surface area contributed by atoms with Gasteiger partial charge in [-0.15, -0.1) is 0 Å². The molecule has 1 saturated heterocycles. The first-order chi connectivity index (χ1) is 11.6. The molecule has 134 valence electrons. The molecule has 1 fully saturated rings. The van der Waals surface area contributed by atoms with E-state index in [0.717, 1.165) is 45.0 Å². The van der Waals surface area contributed by atoms with Crippen molar-refractivity contribution in [2.75, 3.05) is 59.4 Å². The van der Waals surface area contributed by atoms with Crippen molar-refractivity contribution in [3.8, 4) is 0 Å². The van der Waals surface area contributed by atoms with Gasteiger partial charge < -0.3 is 19.9 Å². The summed E-state index contributed by atoms with van der Waals surface area (Å²) in [5, 5.41) is 3.50. The molecule has 0 aromatic heterocycles. The second-order valence-electron chi connectivity index (χ2n) is 6.69. The van der Waals surface area contributed by atoms with Gasteiger partial charge in [-0.25, -0.2) is 0 Å². The molecular weight excluding hydrogens is 300 g/mol. The minimum atomic E-state index is 0.628. The minimum Gasteiger partial charge on any atom is -0.384 e. The fourth-order valence-corrected chi connectivity index (χ4v) is 3.18. The summed E-state index contributed by atoms with van der Waals surface area (Å²) in [7, 11) is 7.78. The largest absolute Gasteiger partial charge is 0.384 e. The lowest BCUT2D eigenvalue weighted by Crippen LogP contribution is -2.40. The third-order valence-electron chi connectivity index (χ3n) is 4.58. The standard InChI is InChI=1S/C19H32N4O/c1-20-19(23-13-11-17(14-23)15-24-4)21-12-5-6-16-7-9-18(10-8-16)22(2)3/h7-10,17H,5-6,11-15H2,1-4H3,(H,20,21). The van der Waals surface area contributed by atoms with E-state index in [1.807, 2.05) is 7.05 Å². The van der Waals surface area contributed by atoms with Crippen LogP contribution in [0.5, 0.6) is 0 Å². The van der Waals surface area contributed by atoms with Gasteiger partial charge in [-0.2, -0.15) is 0 Å². The Balaban J connectivity index is 1.71. The molecule has 1 aromatic rings. The van der Waals surface area contributed by atoms with Gasteiger partial charge in [0.25, 0.3) is 0 Å². The summed E-state index contributed by atoms with van der Waals surface area (Å²) in [6, 6.07) is 8.81. The second-order valence-corrected chi connectivity index (χ2v) is 6.69. The van der Waals surface area contributed by atoms with E-state index in [9.17, 15) is 0 Å². The molecule has 1 heterocycles. The van der Waals surface area contributed by atoms with Gasteiger partial charge in [0.05, 0.1) is 6.61 Å². The number of guanidine groups is 1. The Morgan fingerprint density at radius 3 is 2.71 bits per heavy atom. The van der Waals surface area contributed by atoms with Crippen molar-refractivity contribution in [1.29, 1.82) is 0 Å². The average Bonchev–Trinajstić information content (AvgIpc) is 3.04. The molecule has 0 radical (unpaired) electrons. The predicted molar refractivity (Wildman–Crippen MR) is 102 cm³/mol. The van der Waals surface area contributed by atoms with Crippen LogP contribution in [0.15, 0.2) is 29.3 Å². The predicted octanol–water partition coefficient (Wildman–Crippen LogP) is 2.23. The minimum absolute atomic E-state index is 0.628. The van der Waals surface area contributed by atoms with Crippen molar-refractivity contribution in [2.24, 2.45) is 10.9 Å². The Bertz CT molecular complexity index is 513. The zero-order valence-electron chi connectivity index (χ0n) is 15.6. The van der Waals surface area contributed by atoms with E-state index >= 15 is 0 Å². The lowest BCUT2D eigenvalue weighted by Gasteiger charge is -2.21. The highest BCUT2D eigenvalue weighted by Gasteiger charge is 2.24. The third-order valence-corrected chi connectivity index (χ3v) is 4.58. The van der Waals surface area contributed by atoms with Gasteiger partial charge >= 0.3 is 0 Å². The molecule has 0 bridgehead atoms. The maximum Gasteiger partial charge on any atom is 0.193 e. The lowest BCUT2D eigenvalue weighted by atomic mass is 10.1. The van der Waals surface area contributed by atoms with Crippen LogP contribution in [0, 0.1) is 5.92 Å². The smallest absolute Gasteiger partial charge is 0.193 e. The van der Waals surface area contributed by atoms with E-state index < -0.39 is 0 Å². The van der Waals surface area contributed by atoms with Gasteiger partial charge in [0.15, 0.2) is 5.96 Å². The highest BCUT2D eigenvalue weighted by molar-refractivity contribution is 5.80. The number of hydrogen-bond donors (Lipinski definition) is 1. The Morgan fingerprint density at radius 1 is 1.33 bits per heavy atom. The number of nitrogens with zero attached hydrogens (tertiary/aromatic N) is 3. The topological polar surface area (TPSA) is 40.1 Å². The van der Waals surface area contributed by atoms with Crippen molar-refractivity contribution in [3.63, 3.8) is 0 Å². The van der Waals surface area contributed by atoms with E-state index in [1.165, 1.54) is 17.7 Å².